The molecule has 0 amide bonds. The first-order chi connectivity index (χ1) is 44.1. The van der Waals surface area contributed by atoms with Crippen molar-refractivity contribution in [3.8, 4) is 44.5 Å². The van der Waals surface area contributed by atoms with Gasteiger partial charge in [-0.1, -0.05) is 231 Å². The third kappa shape index (κ3) is 7.23. The molecule has 0 aliphatic heterocycles. The molecule has 0 unspecified atom stereocenters. The van der Waals surface area contributed by atoms with Gasteiger partial charge in [-0.25, -0.2) is 0 Å². The van der Waals surface area contributed by atoms with Gasteiger partial charge in [0.15, 0.2) is 11.2 Å². The molecule has 2 aromatic heterocycles. The smallest absolute Gasteiger partial charge is 0.159 e. The molecule has 0 atom stereocenters. The third-order valence-corrected chi connectivity index (χ3v) is 19.2. The quantitative estimate of drug-likeness (QED) is 0.152. The number of hydrogen-bond donors (Lipinski definition) is 0. The van der Waals surface area contributed by atoms with Crippen LogP contribution in [0.5, 0.6) is 0 Å². The standard InChI is InChI=1S/C85H52N2O2/c1-5-21-53(22-6-1)65-32-17-34-67-69-36-19-39-78(83(69)88-81(65)67)86(60-26-9-3-10-27-60)62-44-41-56-49-72-73-50-57-42-45-63(87(61-28-11-4-12-29-61)79-40-20-37-70-68-35-18-33-66(82(68)89-84(70)79)54-23-7-2-8-24-54)48-59(57)52-77(73)85(76(72)51-58(56)47-62)74-38-16-15-31-71(74)80-64-30-14-13-25-55(64)43-46-75(80)85/h1-52H. The Kier molecular flexibility index (Phi) is 10.7. The molecule has 0 saturated carbocycles. The van der Waals surface area contributed by atoms with Crippen molar-refractivity contribution >= 4 is 110 Å². The Morgan fingerprint density at radius 1 is 0.225 bits per heavy atom. The van der Waals surface area contributed by atoms with E-state index in [-0.39, 0.29) is 0 Å². The maximum absolute atomic E-state index is 7.13. The molecular weight excluding hydrogens is 1080 g/mol. The number of hydrogen-bond acceptors (Lipinski definition) is 4. The summed E-state index contributed by atoms with van der Waals surface area (Å²) in [6.07, 6.45) is 0. The van der Waals surface area contributed by atoms with E-state index in [2.05, 4.69) is 325 Å². The van der Waals surface area contributed by atoms with Gasteiger partial charge in [-0.3, -0.25) is 0 Å². The van der Waals surface area contributed by atoms with Crippen LogP contribution in [0.1, 0.15) is 22.3 Å². The van der Waals surface area contributed by atoms with Gasteiger partial charge in [0.1, 0.15) is 11.2 Å². The number of fused-ring (bicyclic) bond motifs is 20. The van der Waals surface area contributed by atoms with Gasteiger partial charge in [-0.05, 0) is 173 Å². The molecule has 414 valence electrons. The minimum atomic E-state index is -0.653. The van der Waals surface area contributed by atoms with Crippen LogP contribution in [0, 0.1) is 0 Å². The van der Waals surface area contributed by atoms with Crippen molar-refractivity contribution in [1.82, 2.24) is 0 Å². The third-order valence-electron chi connectivity index (χ3n) is 19.2. The molecule has 2 aliphatic carbocycles. The van der Waals surface area contributed by atoms with Crippen molar-refractivity contribution in [2.75, 3.05) is 9.80 Å². The molecule has 2 aliphatic rings. The number of nitrogens with zero attached hydrogens (tertiary/aromatic N) is 2. The molecule has 17 aromatic rings. The second-order valence-electron chi connectivity index (χ2n) is 23.8. The molecule has 4 nitrogen and oxygen atoms in total. The number of benzene rings is 15. The highest BCUT2D eigenvalue weighted by Gasteiger charge is 2.52. The highest BCUT2D eigenvalue weighted by atomic mass is 16.3. The Balaban J connectivity index is 0.825. The summed E-state index contributed by atoms with van der Waals surface area (Å²) in [4.78, 5) is 4.74. The van der Waals surface area contributed by atoms with Gasteiger partial charge in [-0.15, -0.1) is 0 Å². The van der Waals surface area contributed by atoms with Crippen molar-refractivity contribution in [2.24, 2.45) is 0 Å². The topological polar surface area (TPSA) is 32.8 Å². The fourth-order valence-corrected chi connectivity index (χ4v) is 15.3. The van der Waals surface area contributed by atoms with E-state index in [1.807, 2.05) is 0 Å². The molecule has 0 bridgehead atoms. The molecule has 1 spiro atoms. The van der Waals surface area contributed by atoms with Crippen LogP contribution >= 0.6 is 0 Å². The van der Waals surface area contributed by atoms with E-state index in [4.69, 9.17) is 8.83 Å². The molecule has 0 saturated heterocycles. The van der Waals surface area contributed by atoms with Gasteiger partial charge in [0.25, 0.3) is 0 Å². The summed E-state index contributed by atoms with van der Waals surface area (Å²) in [6.45, 7) is 0. The van der Waals surface area contributed by atoms with Crippen molar-refractivity contribution < 1.29 is 8.83 Å². The van der Waals surface area contributed by atoms with E-state index in [9.17, 15) is 0 Å². The zero-order valence-corrected chi connectivity index (χ0v) is 48.2. The van der Waals surface area contributed by atoms with Gasteiger partial charge in [0.2, 0.25) is 0 Å². The maximum Gasteiger partial charge on any atom is 0.159 e. The first-order valence-corrected chi connectivity index (χ1v) is 30.6. The van der Waals surface area contributed by atoms with Crippen LogP contribution in [0.15, 0.2) is 324 Å². The highest BCUT2D eigenvalue weighted by molar-refractivity contribution is 6.16. The average Bonchev–Trinajstić information content (AvgIpc) is 1.51. The first-order valence-electron chi connectivity index (χ1n) is 30.6. The molecule has 19 rings (SSSR count). The lowest BCUT2D eigenvalue weighted by atomic mass is 9.70. The van der Waals surface area contributed by atoms with Gasteiger partial charge in [0.05, 0.1) is 16.8 Å². The molecule has 0 N–H and O–H groups in total. The lowest BCUT2D eigenvalue weighted by Gasteiger charge is -2.31. The van der Waals surface area contributed by atoms with E-state index in [0.717, 1.165) is 111 Å². The molecule has 15 aromatic carbocycles. The molecule has 0 fully saturated rings. The zero-order valence-electron chi connectivity index (χ0n) is 48.2. The SMILES string of the molecule is c1ccc(-c2cccc3c2oc2c(N(c4ccccc4)c4ccc5cc6c(cc5c4)C4(c5cc7cc(N(c8ccccc8)c8cccc9c8oc8c(-c%10ccccc%10)cccc89)ccc7cc5-6)c5ccccc5-c5c4ccc4ccccc54)cccc23)cc1. The lowest BCUT2D eigenvalue weighted by molar-refractivity contribution is 0.670. The predicted octanol–water partition coefficient (Wildman–Crippen LogP) is 23.6. The molecular formula is C85H52N2O2. The average molecular weight is 1130 g/mol. The van der Waals surface area contributed by atoms with Crippen LogP contribution in [0.2, 0.25) is 0 Å². The number of para-hydroxylation sites is 6. The van der Waals surface area contributed by atoms with Crippen molar-refractivity contribution in [3.05, 3.63) is 338 Å². The fraction of sp³-hybridized carbons (Fsp3) is 0.0118. The monoisotopic (exact) mass is 1130 g/mol. The number of rotatable bonds is 8. The summed E-state index contributed by atoms with van der Waals surface area (Å²) in [5, 5.41) is 11.5. The molecule has 4 heteroatoms. The van der Waals surface area contributed by atoms with E-state index in [1.54, 1.807) is 0 Å². The van der Waals surface area contributed by atoms with E-state index >= 15 is 0 Å². The Hall–Kier alpha value is -11.7. The van der Waals surface area contributed by atoms with Crippen LogP contribution in [-0.4, -0.2) is 0 Å². The van der Waals surface area contributed by atoms with Crippen molar-refractivity contribution in [2.45, 2.75) is 5.41 Å². The first kappa shape index (κ1) is 49.5. The van der Waals surface area contributed by atoms with Crippen LogP contribution < -0.4 is 9.80 Å². The Labute approximate surface area is 513 Å². The summed E-state index contributed by atoms with van der Waals surface area (Å²) in [5.41, 5.74) is 23.6. The van der Waals surface area contributed by atoms with E-state index in [0.29, 0.717) is 0 Å². The minimum absolute atomic E-state index is 0.653. The number of furan rings is 2. The van der Waals surface area contributed by atoms with Crippen molar-refractivity contribution in [3.63, 3.8) is 0 Å². The van der Waals surface area contributed by atoms with Gasteiger partial charge >= 0.3 is 0 Å². The summed E-state index contributed by atoms with van der Waals surface area (Å²) < 4.78 is 14.3. The summed E-state index contributed by atoms with van der Waals surface area (Å²) >= 11 is 0. The molecule has 0 radical (unpaired) electrons. The molecule has 2 heterocycles. The Morgan fingerprint density at radius 3 is 1.17 bits per heavy atom. The van der Waals surface area contributed by atoms with Gasteiger partial charge < -0.3 is 18.6 Å². The predicted molar refractivity (Wildman–Crippen MR) is 370 cm³/mol. The summed E-state index contributed by atoms with van der Waals surface area (Å²) in [6, 6.07) is 116. The van der Waals surface area contributed by atoms with E-state index in [1.165, 1.54) is 66.1 Å². The molecule has 89 heavy (non-hydrogen) atoms. The van der Waals surface area contributed by atoms with Crippen LogP contribution in [0.3, 0.4) is 0 Å². The van der Waals surface area contributed by atoms with Gasteiger partial charge in [0, 0.05) is 55.4 Å². The van der Waals surface area contributed by atoms with Crippen LogP contribution in [0.4, 0.5) is 34.1 Å². The Morgan fingerprint density at radius 2 is 0.640 bits per heavy atom. The normalized spacial score (nSPS) is 12.8. The lowest BCUT2D eigenvalue weighted by Crippen LogP contribution is -2.26. The van der Waals surface area contributed by atoms with Crippen molar-refractivity contribution in [1.29, 1.82) is 0 Å². The second kappa shape index (κ2) is 19.1. The minimum Gasteiger partial charge on any atom is -0.453 e. The van der Waals surface area contributed by atoms with Crippen LogP contribution in [0.25, 0.3) is 121 Å². The number of anilines is 6. The largest absolute Gasteiger partial charge is 0.453 e. The maximum atomic E-state index is 7.13. The highest BCUT2D eigenvalue weighted by Crippen LogP contribution is 2.65. The zero-order chi connectivity index (χ0) is 58.3. The van der Waals surface area contributed by atoms with Gasteiger partial charge in [-0.2, -0.15) is 0 Å². The summed E-state index contributed by atoms with van der Waals surface area (Å²) in [5.74, 6) is 0. The second-order valence-corrected chi connectivity index (χ2v) is 23.8. The fourth-order valence-electron chi connectivity index (χ4n) is 15.3. The Bertz CT molecular complexity index is 5460. The van der Waals surface area contributed by atoms with Crippen LogP contribution in [-0.2, 0) is 5.41 Å². The van der Waals surface area contributed by atoms with E-state index < -0.39 is 5.41 Å². The summed E-state index contributed by atoms with van der Waals surface area (Å²) in [7, 11) is 0.